The number of ether oxygens (including phenoxy) is 1. The van der Waals surface area contributed by atoms with Crippen molar-refractivity contribution in [2.75, 3.05) is 26.2 Å². The van der Waals surface area contributed by atoms with E-state index in [-0.39, 0.29) is 5.78 Å². The molecule has 0 saturated carbocycles. The summed E-state index contributed by atoms with van der Waals surface area (Å²) in [7, 11) is 0. The van der Waals surface area contributed by atoms with E-state index >= 15 is 0 Å². The van der Waals surface area contributed by atoms with Crippen LogP contribution in [0.3, 0.4) is 0 Å². The zero-order valence-corrected chi connectivity index (χ0v) is 10.3. The van der Waals surface area contributed by atoms with Crippen LogP contribution in [0.2, 0.25) is 0 Å². The molecule has 2 rings (SSSR count). The molecule has 0 amide bonds. The lowest BCUT2D eigenvalue weighted by Crippen LogP contribution is -2.27. The molecule has 1 aromatic rings. The number of hydrogen-bond donors (Lipinski definition) is 0. The zero-order chi connectivity index (χ0) is 12.1. The van der Waals surface area contributed by atoms with Crippen molar-refractivity contribution in [3.63, 3.8) is 0 Å². The summed E-state index contributed by atoms with van der Waals surface area (Å²) in [5.74, 6) is 0.871. The molecular weight excluding hydrogens is 214 g/mol. The van der Waals surface area contributed by atoms with Gasteiger partial charge in [0.25, 0.3) is 0 Å². The van der Waals surface area contributed by atoms with Gasteiger partial charge in [0.2, 0.25) is 0 Å². The molecule has 0 atom stereocenters. The Hall–Kier alpha value is -1.35. The SMILES string of the molecule is CCOc1ccccc1C(=O)CN1CCCC1. The van der Waals surface area contributed by atoms with Gasteiger partial charge in [0.1, 0.15) is 5.75 Å². The highest BCUT2D eigenvalue weighted by Gasteiger charge is 2.18. The summed E-state index contributed by atoms with van der Waals surface area (Å²) in [6.45, 7) is 5.13. The second-order valence-electron chi connectivity index (χ2n) is 4.34. The molecule has 0 radical (unpaired) electrons. The number of Topliss-reactive ketones (excluding diaryl/α,β-unsaturated/α-hetero) is 1. The van der Waals surface area contributed by atoms with E-state index in [2.05, 4.69) is 4.90 Å². The number of benzene rings is 1. The minimum Gasteiger partial charge on any atom is -0.493 e. The predicted molar refractivity (Wildman–Crippen MR) is 67.6 cm³/mol. The van der Waals surface area contributed by atoms with Gasteiger partial charge < -0.3 is 4.74 Å². The van der Waals surface area contributed by atoms with Crippen LogP contribution in [0.15, 0.2) is 24.3 Å². The normalized spacial score (nSPS) is 16.1. The first-order valence-corrected chi connectivity index (χ1v) is 6.28. The molecule has 1 fully saturated rings. The molecule has 92 valence electrons. The van der Waals surface area contributed by atoms with Gasteiger partial charge >= 0.3 is 0 Å². The zero-order valence-electron chi connectivity index (χ0n) is 10.3. The number of hydrogen-bond acceptors (Lipinski definition) is 3. The molecule has 1 aliphatic rings. The van der Waals surface area contributed by atoms with Gasteiger partial charge in [0.15, 0.2) is 5.78 Å². The third-order valence-electron chi connectivity index (χ3n) is 3.05. The minimum absolute atomic E-state index is 0.163. The van der Waals surface area contributed by atoms with Gasteiger partial charge in [-0.1, -0.05) is 12.1 Å². The minimum atomic E-state index is 0.163. The van der Waals surface area contributed by atoms with Crippen LogP contribution in [0.1, 0.15) is 30.1 Å². The summed E-state index contributed by atoms with van der Waals surface area (Å²) < 4.78 is 5.48. The molecule has 0 aromatic heterocycles. The average Bonchev–Trinajstić information content (AvgIpc) is 2.83. The molecule has 3 nitrogen and oxygen atoms in total. The van der Waals surface area contributed by atoms with Crippen LogP contribution in [0.5, 0.6) is 5.75 Å². The molecule has 0 aliphatic carbocycles. The van der Waals surface area contributed by atoms with Gasteiger partial charge in [-0.15, -0.1) is 0 Å². The van der Waals surface area contributed by atoms with E-state index in [1.54, 1.807) is 0 Å². The number of likely N-dealkylation sites (tertiary alicyclic amines) is 1. The highest BCUT2D eigenvalue weighted by molar-refractivity contribution is 6.00. The van der Waals surface area contributed by atoms with E-state index in [1.165, 1.54) is 12.8 Å². The number of carbonyl (C=O) groups is 1. The Morgan fingerprint density at radius 3 is 2.71 bits per heavy atom. The molecule has 3 heteroatoms. The first kappa shape index (κ1) is 12.1. The van der Waals surface area contributed by atoms with Crippen molar-refractivity contribution in [1.82, 2.24) is 4.90 Å². The van der Waals surface area contributed by atoms with Crippen molar-refractivity contribution < 1.29 is 9.53 Å². The van der Waals surface area contributed by atoms with Crippen molar-refractivity contribution in [2.24, 2.45) is 0 Å². The van der Waals surface area contributed by atoms with Crippen molar-refractivity contribution in [2.45, 2.75) is 19.8 Å². The van der Waals surface area contributed by atoms with Gasteiger partial charge in [-0.3, -0.25) is 9.69 Å². The smallest absolute Gasteiger partial charge is 0.180 e. The van der Waals surface area contributed by atoms with Crippen molar-refractivity contribution >= 4 is 5.78 Å². The van der Waals surface area contributed by atoms with Crippen molar-refractivity contribution in [3.8, 4) is 5.75 Å². The fourth-order valence-electron chi connectivity index (χ4n) is 2.21. The van der Waals surface area contributed by atoms with E-state index in [1.807, 2.05) is 31.2 Å². The van der Waals surface area contributed by atoms with Crippen molar-refractivity contribution in [3.05, 3.63) is 29.8 Å². The third kappa shape index (κ3) is 3.07. The molecule has 0 spiro atoms. The monoisotopic (exact) mass is 233 g/mol. The van der Waals surface area contributed by atoms with E-state index in [0.29, 0.717) is 24.5 Å². The van der Waals surface area contributed by atoms with Crippen molar-refractivity contribution in [1.29, 1.82) is 0 Å². The second kappa shape index (κ2) is 5.82. The lowest BCUT2D eigenvalue weighted by Gasteiger charge is -2.15. The topological polar surface area (TPSA) is 29.5 Å². The fraction of sp³-hybridized carbons (Fsp3) is 0.500. The largest absolute Gasteiger partial charge is 0.493 e. The van der Waals surface area contributed by atoms with E-state index in [4.69, 9.17) is 4.74 Å². The Balaban J connectivity index is 2.06. The maximum absolute atomic E-state index is 12.2. The highest BCUT2D eigenvalue weighted by atomic mass is 16.5. The maximum atomic E-state index is 12.2. The van der Waals surface area contributed by atoms with E-state index in [0.717, 1.165) is 13.1 Å². The predicted octanol–water partition coefficient (Wildman–Crippen LogP) is 2.36. The van der Waals surface area contributed by atoms with Gasteiger partial charge in [-0.05, 0) is 45.0 Å². The Morgan fingerprint density at radius 1 is 1.29 bits per heavy atom. The van der Waals surface area contributed by atoms with Crippen LogP contribution >= 0.6 is 0 Å². The molecular formula is C14H19NO2. The van der Waals surface area contributed by atoms with Crippen LogP contribution < -0.4 is 4.74 Å². The maximum Gasteiger partial charge on any atom is 0.180 e. The highest BCUT2D eigenvalue weighted by Crippen LogP contribution is 2.19. The fourth-order valence-corrected chi connectivity index (χ4v) is 2.21. The van der Waals surface area contributed by atoms with Crippen LogP contribution in [0.25, 0.3) is 0 Å². The lowest BCUT2D eigenvalue weighted by atomic mass is 10.1. The first-order chi connectivity index (χ1) is 8.31. The number of carbonyl (C=O) groups excluding carboxylic acids is 1. The Labute approximate surface area is 102 Å². The van der Waals surface area contributed by atoms with Gasteiger partial charge in [-0.2, -0.15) is 0 Å². The number of rotatable bonds is 5. The molecule has 0 bridgehead atoms. The number of para-hydroxylation sites is 1. The van der Waals surface area contributed by atoms with Crippen LogP contribution in [-0.4, -0.2) is 36.9 Å². The van der Waals surface area contributed by atoms with E-state index in [9.17, 15) is 4.79 Å². The standard InChI is InChI=1S/C14H19NO2/c1-2-17-14-8-4-3-7-12(14)13(16)11-15-9-5-6-10-15/h3-4,7-8H,2,5-6,9-11H2,1H3. The molecule has 17 heavy (non-hydrogen) atoms. The molecule has 1 saturated heterocycles. The Morgan fingerprint density at radius 2 is 2.00 bits per heavy atom. The van der Waals surface area contributed by atoms with Gasteiger partial charge in [-0.25, -0.2) is 0 Å². The summed E-state index contributed by atoms with van der Waals surface area (Å²) in [6.07, 6.45) is 2.42. The second-order valence-corrected chi connectivity index (χ2v) is 4.34. The van der Waals surface area contributed by atoms with Gasteiger partial charge in [0, 0.05) is 0 Å². The Bertz CT molecular complexity index is 384. The number of ketones is 1. The summed E-state index contributed by atoms with van der Waals surface area (Å²) in [6, 6.07) is 7.50. The molecule has 1 aromatic carbocycles. The van der Waals surface area contributed by atoms with Crippen LogP contribution in [-0.2, 0) is 0 Å². The summed E-state index contributed by atoms with van der Waals surface area (Å²) in [4.78, 5) is 14.4. The first-order valence-electron chi connectivity index (χ1n) is 6.28. The summed E-state index contributed by atoms with van der Waals surface area (Å²) in [5.41, 5.74) is 0.709. The average molecular weight is 233 g/mol. The molecule has 1 heterocycles. The molecule has 1 aliphatic heterocycles. The lowest BCUT2D eigenvalue weighted by molar-refractivity contribution is 0.0941. The summed E-state index contributed by atoms with van der Waals surface area (Å²) >= 11 is 0. The molecule has 0 N–H and O–H groups in total. The van der Waals surface area contributed by atoms with Crippen LogP contribution in [0, 0.1) is 0 Å². The Kier molecular flexibility index (Phi) is 4.15. The molecule has 0 unspecified atom stereocenters. The quantitative estimate of drug-likeness (QED) is 0.731. The van der Waals surface area contributed by atoms with Gasteiger partial charge in [0.05, 0.1) is 18.7 Å². The number of nitrogens with zero attached hydrogens (tertiary/aromatic N) is 1. The van der Waals surface area contributed by atoms with Crippen LogP contribution in [0.4, 0.5) is 0 Å². The third-order valence-corrected chi connectivity index (χ3v) is 3.05. The summed E-state index contributed by atoms with van der Waals surface area (Å²) in [5, 5.41) is 0. The van der Waals surface area contributed by atoms with E-state index < -0.39 is 0 Å².